The Morgan fingerprint density at radius 1 is 1.04 bits per heavy atom. The number of fused-ring (bicyclic) bond motifs is 2. The van der Waals surface area contributed by atoms with Crippen LogP contribution < -0.4 is 10.9 Å². The Hall–Kier alpha value is -3.25. The Bertz CT molecular complexity index is 1240. The molecule has 0 radical (unpaired) electrons. The largest absolute Gasteiger partial charge is 0.324 e. The van der Waals surface area contributed by atoms with Crippen molar-refractivity contribution < 1.29 is 4.79 Å². The molecule has 7 heteroatoms. The first kappa shape index (κ1) is 18.1. The SMILES string of the molecule is O=C(CCCn1cnc2ccccc2c1=O)Nc1ccc(Cl)c2cccnc12. The van der Waals surface area contributed by atoms with Gasteiger partial charge in [0.25, 0.3) is 5.56 Å². The van der Waals surface area contributed by atoms with Crippen molar-refractivity contribution in [2.45, 2.75) is 19.4 Å². The molecule has 0 saturated carbocycles. The second-order valence-electron chi connectivity index (χ2n) is 6.41. The van der Waals surface area contributed by atoms with Crippen molar-refractivity contribution in [3.8, 4) is 0 Å². The third-order valence-corrected chi connectivity index (χ3v) is 4.85. The van der Waals surface area contributed by atoms with Crippen molar-refractivity contribution in [2.75, 3.05) is 5.32 Å². The molecular weight excluding hydrogens is 376 g/mol. The number of aromatic nitrogens is 3. The highest BCUT2D eigenvalue weighted by molar-refractivity contribution is 6.35. The number of carbonyl (C=O) groups excluding carboxylic acids is 1. The predicted octanol–water partition coefficient (Wildman–Crippen LogP) is 4.02. The van der Waals surface area contributed by atoms with Crippen molar-refractivity contribution in [1.29, 1.82) is 0 Å². The first-order valence-corrected chi connectivity index (χ1v) is 9.28. The van der Waals surface area contributed by atoms with Crippen LogP contribution in [0.15, 0.2) is 65.8 Å². The highest BCUT2D eigenvalue weighted by atomic mass is 35.5. The summed E-state index contributed by atoms with van der Waals surface area (Å²) in [6.45, 7) is 0.420. The van der Waals surface area contributed by atoms with Crippen molar-refractivity contribution in [3.63, 3.8) is 0 Å². The summed E-state index contributed by atoms with van der Waals surface area (Å²) in [7, 11) is 0. The molecule has 6 nitrogen and oxygen atoms in total. The summed E-state index contributed by atoms with van der Waals surface area (Å²) in [6, 6.07) is 14.4. The zero-order chi connectivity index (χ0) is 19.5. The van der Waals surface area contributed by atoms with Crippen LogP contribution in [0, 0.1) is 0 Å². The van der Waals surface area contributed by atoms with Gasteiger partial charge in [0.05, 0.1) is 33.5 Å². The normalized spacial score (nSPS) is 11.0. The van der Waals surface area contributed by atoms with Gasteiger partial charge in [-0.2, -0.15) is 0 Å². The number of halogens is 1. The minimum atomic E-state index is -0.143. The van der Waals surface area contributed by atoms with Crippen LogP contribution in [0.4, 0.5) is 5.69 Å². The fourth-order valence-corrected chi connectivity index (χ4v) is 3.34. The van der Waals surface area contributed by atoms with E-state index < -0.39 is 0 Å². The van der Waals surface area contributed by atoms with E-state index in [4.69, 9.17) is 11.6 Å². The Morgan fingerprint density at radius 3 is 2.75 bits per heavy atom. The Kier molecular flexibility index (Phi) is 5.04. The topological polar surface area (TPSA) is 76.9 Å². The molecule has 0 bridgehead atoms. The number of carbonyl (C=O) groups is 1. The lowest BCUT2D eigenvalue weighted by atomic mass is 10.2. The lowest BCUT2D eigenvalue weighted by molar-refractivity contribution is -0.116. The molecular formula is C21H17ClN4O2. The highest BCUT2D eigenvalue weighted by Crippen LogP contribution is 2.28. The van der Waals surface area contributed by atoms with Crippen LogP contribution in [-0.2, 0) is 11.3 Å². The average Bonchev–Trinajstić information content (AvgIpc) is 2.72. The summed E-state index contributed by atoms with van der Waals surface area (Å²) in [5.41, 5.74) is 1.84. The molecule has 0 unspecified atom stereocenters. The van der Waals surface area contributed by atoms with E-state index in [9.17, 15) is 9.59 Å². The van der Waals surface area contributed by atoms with E-state index >= 15 is 0 Å². The van der Waals surface area contributed by atoms with Gasteiger partial charge in [0.2, 0.25) is 5.91 Å². The van der Waals surface area contributed by atoms with Gasteiger partial charge in [-0.05, 0) is 42.8 Å². The average molecular weight is 393 g/mol. The van der Waals surface area contributed by atoms with Crippen molar-refractivity contribution >= 4 is 45.0 Å². The zero-order valence-electron chi connectivity index (χ0n) is 14.9. The van der Waals surface area contributed by atoms with Gasteiger partial charge in [-0.1, -0.05) is 23.7 Å². The number of para-hydroxylation sites is 1. The number of pyridine rings is 1. The fraction of sp³-hybridized carbons (Fsp3) is 0.143. The van der Waals surface area contributed by atoms with Gasteiger partial charge >= 0.3 is 0 Å². The minimum Gasteiger partial charge on any atom is -0.324 e. The maximum absolute atomic E-state index is 12.5. The Morgan fingerprint density at radius 2 is 1.86 bits per heavy atom. The third kappa shape index (κ3) is 3.59. The molecule has 0 atom stereocenters. The minimum absolute atomic E-state index is 0.0982. The van der Waals surface area contributed by atoms with E-state index in [1.165, 1.54) is 10.9 Å². The quantitative estimate of drug-likeness (QED) is 0.556. The highest BCUT2D eigenvalue weighted by Gasteiger charge is 2.10. The zero-order valence-corrected chi connectivity index (χ0v) is 15.7. The van der Waals surface area contributed by atoms with Gasteiger partial charge in [-0.15, -0.1) is 0 Å². The lowest BCUT2D eigenvalue weighted by Crippen LogP contribution is -2.21. The lowest BCUT2D eigenvalue weighted by Gasteiger charge is -2.10. The van der Waals surface area contributed by atoms with E-state index in [0.29, 0.717) is 40.1 Å². The van der Waals surface area contributed by atoms with Crippen molar-refractivity contribution in [2.24, 2.45) is 0 Å². The molecule has 2 aromatic heterocycles. The Balaban J connectivity index is 1.43. The van der Waals surface area contributed by atoms with Gasteiger partial charge in [-0.25, -0.2) is 4.98 Å². The summed E-state index contributed by atoms with van der Waals surface area (Å²) in [6.07, 6.45) is 3.98. The van der Waals surface area contributed by atoms with Crippen molar-refractivity contribution in [1.82, 2.24) is 14.5 Å². The summed E-state index contributed by atoms with van der Waals surface area (Å²) < 4.78 is 1.54. The second-order valence-corrected chi connectivity index (χ2v) is 6.81. The van der Waals surface area contributed by atoms with Gasteiger partial charge in [-0.3, -0.25) is 19.1 Å². The predicted molar refractivity (Wildman–Crippen MR) is 111 cm³/mol. The molecule has 140 valence electrons. The third-order valence-electron chi connectivity index (χ3n) is 4.52. The van der Waals surface area contributed by atoms with Crippen LogP contribution in [0.3, 0.4) is 0 Å². The molecule has 2 aromatic carbocycles. The van der Waals surface area contributed by atoms with Gasteiger partial charge in [0.1, 0.15) is 0 Å². The number of nitrogens with zero attached hydrogens (tertiary/aromatic N) is 3. The smallest absolute Gasteiger partial charge is 0.261 e. The van der Waals surface area contributed by atoms with E-state index in [-0.39, 0.29) is 17.9 Å². The summed E-state index contributed by atoms with van der Waals surface area (Å²) in [4.78, 5) is 33.4. The molecule has 1 N–H and O–H groups in total. The molecule has 0 aliphatic heterocycles. The van der Waals surface area contributed by atoms with Gasteiger partial charge in [0.15, 0.2) is 0 Å². The standard InChI is InChI=1S/C21H17ClN4O2/c22-16-9-10-18(20-14(16)6-3-11-23-20)25-19(27)8-4-12-26-13-24-17-7-2-1-5-15(17)21(26)28/h1-3,5-7,9-11,13H,4,8,12H2,(H,25,27). The number of hydrogen-bond donors (Lipinski definition) is 1. The van der Waals surface area contributed by atoms with E-state index in [1.54, 1.807) is 36.5 Å². The number of rotatable bonds is 5. The summed E-state index contributed by atoms with van der Waals surface area (Å²) in [5.74, 6) is -0.143. The number of anilines is 1. The fourth-order valence-electron chi connectivity index (χ4n) is 3.13. The molecule has 0 fully saturated rings. The molecule has 2 heterocycles. The number of nitrogens with one attached hydrogen (secondary N) is 1. The van der Waals surface area contributed by atoms with Crippen LogP contribution in [0.5, 0.6) is 0 Å². The van der Waals surface area contributed by atoms with E-state index in [1.807, 2.05) is 18.2 Å². The van der Waals surface area contributed by atoms with Crippen molar-refractivity contribution in [3.05, 3.63) is 76.4 Å². The second kappa shape index (κ2) is 7.78. The van der Waals surface area contributed by atoms with Crippen LogP contribution in [0.1, 0.15) is 12.8 Å². The van der Waals surface area contributed by atoms with Crippen LogP contribution in [0.2, 0.25) is 5.02 Å². The monoisotopic (exact) mass is 392 g/mol. The van der Waals surface area contributed by atoms with E-state index in [2.05, 4.69) is 15.3 Å². The van der Waals surface area contributed by atoms with E-state index in [0.717, 1.165) is 5.39 Å². The number of aryl methyl sites for hydroxylation is 1. The van der Waals surface area contributed by atoms with Gasteiger partial charge < -0.3 is 5.32 Å². The molecule has 28 heavy (non-hydrogen) atoms. The maximum atomic E-state index is 12.5. The molecule has 1 amide bonds. The summed E-state index contributed by atoms with van der Waals surface area (Å²) >= 11 is 6.18. The molecule has 4 aromatic rings. The van der Waals surface area contributed by atoms with Crippen LogP contribution >= 0.6 is 11.6 Å². The number of benzene rings is 2. The van der Waals surface area contributed by atoms with Crippen LogP contribution in [-0.4, -0.2) is 20.4 Å². The molecule has 0 saturated heterocycles. The first-order valence-electron chi connectivity index (χ1n) is 8.91. The number of amides is 1. The molecule has 0 spiro atoms. The molecule has 4 rings (SSSR count). The number of hydrogen-bond acceptors (Lipinski definition) is 4. The maximum Gasteiger partial charge on any atom is 0.261 e. The Labute approximate surface area is 165 Å². The molecule has 0 aliphatic carbocycles. The molecule has 0 aliphatic rings. The summed E-state index contributed by atoms with van der Waals surface area (Å²) in [5, 5.41) is 4.83. The van der Waals surface area contributed by atoms with Crippen LogP contribution in [0.25, 0.3) is 21.8 Å². The van der Waals surface area contributed by atoms with Gasteiger partial charge in [0, 0.05) is 24.5 Å². The first-order chi connectivity index (χ1) is 13.6.